The highest BCUT2D eigenvalue weighted by molar-refractivity contribution is 9.10. The van der Waals surface area contributed by atoms with Gasteiger partial charge in [0.15, 0.2) is 5.78 Å². The van der Waals surface area contributed by atoms with E-state index in [0.29, 0.717) is 4.88 Å². The zero-order chi connectivity index (χ0) is 13.8. The molecule has 1 aliphatic heterocycles. The molecule has 0 spiro atoms. The van der Waals surface area contributed by atoms with Crippen LogP contribution in [0, 0.1) is 0 Å². The number of thiophene rings is 1. The first kappa shape index (κ1) is 14.9. The van der Waals surface area contributed by atoms with E-state index in [1.54, 1.807) is 16.3 Å². The van der Waals surface area contributed by atoms with Crippen LogP contribution in [0.25, 0.3) is 0 Å². The maximum absolute atomic E-state index is 11.9. The van der Waals surface area contributed by atoms with Gasteiger partial charge in [0.25, 0.3) is 0 Å². The van der Waals surface area contributed by atoms with Crippen molar-refractivity contribution in [2.45, 2.75) is 12.8 Å². The van der Waals surface area contributed by atoms with E-state index < -0.39 is 10.8 Å². The third-order valence-electron chi connectivity index (χ3n) is 2.91. The third-order valence-corrected chi connectivity index (χ3v) is 5.94. The molecule has 104 valence electrons. The molecule has 1 aromatic heterocycles. The second-order valence-corrected chi connectivity index (χ2v) is 7.56. The Morgan fingerprint density at radius 1 is 1.32 bits per heavy atom. The van der Waals surface area contributed by atoms with Gasteiger partial charge in [0, 0.05) is 28.4 Å². The van der Waals surface area contributed by atoms with E-state index in [1.807, 2.05) is 0 Å². The lowest BCUT2D eigenvalue weighted by atomic mass is 10.3. The Bertz CT molecular complexity index is 509. The minimum Gasteiger partial charge on any atom is -0.342 e. The number of hydrogen-bond acceptors (Lipinski definition) is 4. The Morgan fingerprint density at radius 3 is 2.58 bits per heavy atom. The lowest BCUT2D eigenvalue weighted by Gasteiger charge is -2.14. The largest absolute Gasteiger partial charge is 0.342 e. The minimum absolute atomic E-state index is 0.0469. The molecule has 19 heavy (non-hydrogen) atoms. The fourth-order valence-electron chi connectivity index (χ4n) is 1.95. The van der Waals surface area contributed by atoms with E-state index in [0.717, 1.165) is 30.4 Å². The molecule has 1 aromatic rings. The summed E-state index contributed by atoms with van der Waals surface area (Å²) < 4.78 is 12.6. The predicted octanol–water partition coefficient (Wildman–Crippen LogP) is 2.06. The molecule has 2 heterocycles. The van der Waals surface area contributed by atoms with Crippen molar-refractivity contribution in [3.05, 3.63) is 20.8 Å². The van der Waals surface area contributed by atoms with Crippen LogP contribution in [0.4, 0.5) is 0 Å². The van der Waals surface area contributed by atoms with Gasteiger partial charge in [-0.2, -0.15) is 0 Å². The number of nitrogens with zero attached hydrogens (tertiary/aromatic N) is 1. The molecule has 1 atom stereocenters. The number of amides is 1. The molecule has 1 aliphatic rings. The van der Waals surface area contributed by atoms with Gasteiger partial charge in [-0.05, 0) is 40.2 Å². The molecule has 1 amide bonds. The summed E-state index contributed by atoms with van der Waals surface area (Å²) in [6.45, 7) is 1.50. The van der Waals surface area contributed by atoms with Crippen LogP contribution in [-0.2, 0) is 15.6 Å². The van der Waals surface area contributed by atoms with Gasteiger partial charge < -0.3 is 4.90 Å². The average Bonchev–Trinajstić information content (AvgIpc) is 2.98. The fourth-order valence-corrected chi connectivity index (χ4v) is 4.57. The first-order valence-corrected chi connectivity index (χ1v) is 9.13. The van der Waals surface area contributed by atoms with E-state index in [1.165, 1.54) is 11.3 Å². The van der Waals surface area contributed by atoms with Crippen LogP contribution < -0.4 is 0 Å². The summed E-state index contributed by atoms with van der Waals surface area (Å²) in [6, 6.07) is 1.79. The lowest BCUT2D eigenvalue weighted by Crippen LogP contribution is -2.32. The monoisotopic (exact) mass is 363 g/mol. The number of carbonyl (C=O) groups is 2. The van der Waals surface area contributed by atoms with Gasteiger partial charge in [-0.25, -0.2) is 0 Å². The molecule has 0 radical (unpaired) electrons. The van der Waals surface area contributed by atoms with Crippen LogP contribution >= 0.6 is 27.3 Å². The van der Waals surface area contributed by atoms with Crippen molar-refractivity contribution < 1.29 is 13.8 Å². The Morgan fingerprint density at radius 2 is 2.00 bits per heavy atom. The fraction of sp³-hybridized carbons (Fsp3) is 0.500. The summed E-state index contributed by atoms with van der Waals surface area (Å²) in [5.41, 5.74) is 0. The van der Waals surface area contributed by atoms with Gasteiger partial charge in [0.2, 0.25) is 5.91 Å². The SMILES string of the molecule is O=C(CS(=O)CC(=O)N1CCCC1)c1sccc1Br. The van der Waals surface area contributed by atoms with Crippen LogP contribution in [-0.4, -0.2) is 45.4 Å². The second kappa shape index (κ2) is 6.76. The van der Waals surface area contributed by atoms with E-state index >= 15 is 0 Å². The number of halogens is 1. The molecule has 0 aromatic carbocycles. The van der Waals surface area contributed by atoms with Crippen molar-refractivity contribution in [2.75, 3.05) is 24.6 Å². The maximum Gasteiger partial charge on any atom is 0.235 e. The number of Topliss-reactive ketones (excluding diaryl/α,β-unsaturated/α-hetero) is 1. The van der Waals surface area contributed by atoms with E-state index in [-0.39, 0.29) is 23.2 Å². The van der Waals surface area contributed by atoms with Gasteiger partial charge in [0.1, 0.15) is 5.75 Å². The molecule has 0 bridgehead atoms. The summed E-state index contributed by atoms with van der Waals surface area (Å²) >= 11 is 4.59. The second-order valence-electron chi connectivity index (χ2n) is 4.34. The Kier molecular flexibility index (Phi) is 5.29. The molecule has 1 saturated heterocycles. The smallest absolute Gasteiger partial charge is 0.235 e. The standard InChI is InChI=1S/C12H14BrNO3S2/c13-9-3-6-18-12(9)10(15)7-19(17)8-11(16)14-4-1-2-5-14/h3,6H,1-2,4-5,7-8H2. The highest BCUT2D eigenvalue weighted by atomic mass is 79.9. The van der Waals surface area contributed by atoms with E-state index in [9.17, 15) is 13.8 Å². The number of likely N-dealkylation sites (tertiary alicyclic amines) is 1. The van der Waals surface area contributed by atoms with Crippen molar-refractivity contribution in [1.29, 1.82) is 0 Å². The minimum atomic E-state index is -1.42. The molecule has 1 unspecified atom stereocenters. The Balaban J connectivity index is 1.86. The van der Waals surface area contributed by atoms with Gasteiger partial charge in [-0.1, -0.05) is 0 Å². The predicted molar refractivity (Wildman–Crippen MR) is 80.0 cm³/mol. The van der Waals surface area contributed by atoms with Crippen molar-refractivity contribution in [1.82, 2.24) is 4.90 Å². The van der Waals surface area contributed by atoms with Crippen LogP contribution in [0.15, 0.2) is 15.9 Å². The Labute approximate surface area is 126 Å². The molecule has 4 nitrogen and oxygen atoms in total. The number of ketones is 1. The molecule has 0 saturated carbocycles. The van der Waals surface area contributed by atoms with Gasteiger partial charge in [-0.15, -0.1) is 11.3 Å². The van der Waals surface area contributed by atoms with Gasteiger partial charge in [0.05, 0.1) is 10.6 Å². The summed E-state index contributed by atoms with van der Waals surface area (Å²) in [6.07, 6.45) is 2.03. The first-order valence-electron chi connectivity index (χ1n) is 5.97. The highest BCUT2D eigenvalue weighted by Crippen LogP contribution is 2.23. The lowest BCUT2D eigenvalue weighted by molar-refractivity contribution is -0.127. The first-order chi connectivity index (χ1) is 9.08. The summed E-state index contributed by atoms with van der Waals surface area (Å²) in [5.74, 6) is -0.406. The highest BCUT2D eigenvalue weighted by Gasteiger charge is 2.22. The molecule has 7 heteroatoms. The van der Waals surface area contributed by atoms with E-state index in [4.69, 9.17) is 0 Å². The molecular weight excluding hydrogens is 350 g/mol. The van der Waals surface area contributed by atoms with Crippen molar-refractivity contribution in [3.63, 3.8) is 0 Å². The molecule has 0 N–H and O–H groups in total. The summed E-state index contributed by atoms with van der Waals surface area (Å²) in [7, 11) is -1.42. The van der Waals surface area contributed by atoms with Crippen molar-refractivity contribution in [3.8, 4) is 0 Å². The third kappa shape index (κ3) is 3.97. The number of hydrogen-bond donors (Lipinski definition) is 0. The van der Waals surface area contributed by atoms with Crippen LogP contribution in [0.2, 0.25) is 0 Å². The zero-order valence-electron chi connectivity index (χ0n) is 10.3. The molecular formula is C12H14BrNO3S2. The molecule has 1 fully saturated rings. The Hall–Kier alpha value is -0.530. The van der Waals surface area contributed by atoms with Crippen LogP contribution in [0.1, 0.15) is 22.5 Å². The number of carbonyl (C=O) groups excluding carboxylic acids is 2. The zero-order valence-corrected chi connectivity index (χ0v) is 13.5. The molecule has 2 rings (SSSR count). The topological polar surface area (TPSA) is 54.5 Å². The molecule has 0 aliphatic carbocycles. The summed E-state index contributed by atoms with van der Waals surface area (Å²) in [4.78, 5) is 26.0. The summed E-state index contributed by atoms with van der Waals surface area (Å²) in [5, 5.41) is 1.80. The average molecular weight is 364 g/mol. The number of rotatable bonds is 5. The van der Waals surface area contributed by atoms with Crippen LogP contribution in [0.3, 0.4) is 0 Å². The van der Waals surface area contributed by atoms with Crippen molar-refractivity contribution >= 4 is 49.8 Å². The van der Waals surface area contributed by atoms with Gasteiger partial charge in [-0.3, -0.25) is 13.8 Å². The quantitative estimate of drug-likeness (QED) is 0.752. The van der Waals surface area contributed by atoms with E-state index in [2.05, 4.69) is 15.9 Å². The maximum atomic E-state index is 11.9. The van der Waals surface area contributed by atoms with Crippen molar-refractivity contribution in [2.24, 2.45) is 0 Å². The van der Waals surface area contributed by atoms with Crippen LogP contribution in [0.5, 0.6) is 0 Å². The normalized spacial score (nSPS) is 16.6. The van der Waals surface area contributed by atoms with Gasteiger partial charge >= 0.3 is 0 Å².